The summed E-state index contributed by atoms with van der Waals surface area (Å²) in [6, 6.07) is 7.12. The van der Waals surface area contributed by atoms with Crippen LogP contribution in [-0.2, 0) is 10.0 Å². The number of hydrogen-bond donors (Lipinski definition) is 2. The van der Waals surface area contributed by atoms with E-state index < -0.39 is 15.6 Å². The van der Waals surface area contributed by atoms with Crippen LogP contribution in [0.5, 0.6) is 0 Å². The Bertz CT molecular complexity index is 581. The van der Waals surface area contributed by atoms with E-state index in [1.165, 1.54) is 4.31 Å². The molecule has 0 aliphatic carbocycles. The zero-order valence-electron chi connectivity index (χ0n) is 12.8. The van der Waals surface area contributed by atoms with Crippen LogP contribution in [0.4, 0.5) is 0 Å². The molecule has 1 aromatic carbocycles. The Morgan fingerprint density at radius 3 is 2.48 bits per heavy atom. The second kappa shape index (κ2) is 6.04. The van der Waals surface area contributed by atoms with E-state index in [2.05, 4.69) is 5.32 Å². The molecular weight excluding hydrogens is 288 g/mol. The van der Waals surface area contributed by atoms with Crippen molar-refractivity contribution >= 4 is 10.0 Å². The molecule has 0 saturated carbocycles. The molecule has 1 aliphatic heterocycles. The second-order valence-corrected chi connectivity index (χ2v) is 7.96. The normalized spacial score (nSPS) is 25.7. The van der Waals surface area contributed by atoms with Crippen LogP contribution in [0.2, 0.25) is 0 Å². The number of sulfonamides is 1. The second-order valence-electron chi connectivity index (χ2n) is 6.02. The topological polar surface area (TPSA) is 69.6 Å². The molecule has 5 nitrogen and oxygen atoms in total. The summed E-state index contributed by atoms with van der Waals surface area (Å²) in [6.07, 6.45) is 1.32. The minimum Gasteiger partial charge on any atom is -0.389 e. The molecule has 1 heterocycles. The van der Waals surface area contributed by atoms with Gasteiger partial charge in [-0.25, -0.2) is 8.42 Å². The van der Waals surface area contributed by atoms with Gasteiger partial charge in [0.2, 0.25) is 10.0 Å². The first-order valence-corrected chi connectivity index (χ1v) is 8.70. The van der Waals surface area contributed by atoms with Crippen LogP contribution in [0.3, 0.4) is 0 Å². The maximum atomic E-state index is 12.6. The molecule has 0 radical (unpaired) electrons. The van der Waals surface area contributed by atoms with Crippen molar-refractivity contribution in [3.63, 3.8) is 0 Å². The Labute approximate surface area is 127 Å². The number of nitrogens with zero attached hydrogens (tertiary/aromatic N) is 1. The summed E-state index contributed by atoms with van der Waals surface area (Å²) in [5.41, 5.74) is 0.105. The quantitative estimate of drug-likeness (QED) is 0.884. The lowest BCUT2D eigenvalue weighted by Crippen LogP contribution is -2.48. The highest BCUT2D eigenvalue weighted by molar-refractivity contribution is 7.89. The lowest BCUT2D eigenvalue weighted by molar-refractivity contribution is 0.00940. The van der Waals surface area contributed by atoms with Crippen LogP contribution in [0.15, 0.2) is 29.2 Å². The van der Waals surface area contributed by atoms with Crippen LogP contribution in [-0.4, -0.2) is 43.6 Å². The molecule has 0 spiro atoms. The van der Waals surface area contributed by atoms with Gasteiger partial charge in [0, 0.05) is 19.1 Å². The standard InChI is InChI=1S/C15H24N2O3S/c1-12(16-3)13-5-7-14(8-6-13)21(19,20)17-10-4-9-15(2,18)11-17/h5-8,12,16,18H,4,9-11H2,1-3H3. The molecule has 2 N–H and O–H groups in total. The number of nitrogens with one attached hydrogen (secondary N) is 1. The summed E-state index contributed by atoms with van der Waals surface area (Å²) in [7, 11) is -1.66. The van der Waals surface area contributed by atoms with E-state index in [1.807, 2.05) is 26.1 Å². The van der Waals surface area contributed by atoms with Gasteiger partial charge in [-0.2, -0.15) is 4.31 Å². The molecule has 0 aromatic heterocycles. The fraction of sp³-hybridized carbons (Fsp3) is 0.600. The van der Waals surface area contributed by atoms with Gasteiger partial charge in [0.1, 0.15) is 0 Å². The molecule has 6 heteroatoms. The zero-order valence-corrected chi connectivity index (χ0v) is 13.7. The van der Waals surface area contributed by atoms with E-state index in [9.17, 15) is 13.5 Å². The van der Waals surface area contributed by atoms with Crippen LogP contribution < -0.4 is 5.32 Å². The van der Waals surface area contributed by atoms with E-state index in [-0.39, 0.29) is 17.5 Å². The van der Waals surface area contributed by atoms with E-state index in [0.29, 0.717) is 19.4 Å². The van der Waals surface area contributed by atoms with Crippen LogP contribution >= 0.6 is 0 Å². The minimum absolute atomic E-state index is 0.157. The summed E-state index contributed by atoms with van der Waals surface area (Å²) >= 11 is 0. The molecule has 1 aromatic rings. The van der Waals surface area contributed by atoms with E-state index in [1.54, 1.807) is 19.1 Å². The Balaban J connectivity index is 2.23. The molecule has 0 amide bonds. The van der Waals surface area contributed by atoms with Gasteiger partial charge in [0.15, 0.2) is 0 Å². The van der Waals surface area contributed by atoms with Gasteiger partial charge in [-0.15, -0.1) is 0 Å². The first-order chi connectivity index (χ1) is 9.76. The number of β-amino-alcohol motifs (C(OH)–C–C–N with tert-alkyl or cyclic N) is 1. The Kier molecular flexibility index (Phi) is 4.72. The molecule has 1 saturated heterocycles. The maximum absolute atomic E-state index is 12.6. The van der Waals surface area contributed by atoms with Gasteiger partial charge >= 0.3 is 0 Å². The number of benzene rings is 1. The Hall–Kier alpha value is -0.950. The van der Waals surface area contributed by atoms with Crippen LogP contribution in [0.1, 0.15) is 38.3 Å². The lowest BCUT2D eigenvalue weighted by Gasteiger charge is -2.35. The zero-order chi connectivity index (χ0) is 15.7. The highest BCUT2D eigenvalue weighted by Crippen LogP contribution is 2.26. The number of hydrogen-bond acceptors (Lipinski definition) is 4. The fourth-order valence-electron chi connectivity index (χ4n) is 2.62. The molecule has 2 unspecified atom stereocenters. The van der Waals surface area contributed by atoms with E-state index in [0.717, 1.165) is 5.56 Å². The Morgan fingerprint density at radius 1 is 1.33 bits per heavy atom. The predicted octanol–water partition coefficient (Wildman–Crippen LogP) is 1.50. The van der Waals surface area contributed by atoms with Crippen LogP contribution in [0.25, 0.3) is 0 Å². The smallest absolute Gasteiger partial charge is 0.243 e. The number of rotatable bonds is 4. The van der Waals surface area contributed by atoms with Gasteiger partial charge in [-0.3, -0.25) is 0 Å². The molecule has 21 heavy (non-hydrogen) atoms. The third kappa shape index (κ3) is 3.63. The molecule has 118 valence electrons. The van der Waals surface area contributed by atoms with Crippen molar-refractivity contribution in [1.29, 1.82) is 0 Å². The van der Waals surface area contributed by atoms with Crippen molar-refractivity contribution in [2.24, 2.45) is 0 Å². The third-order valence-electron chi connectivity index (χ3n) is 4.09. The molecule has 2 rings (SSSR count). The molecule has 1 aliphatic rings. The lowest BCUT2D eigenvalue weighted by atomic mass is 9.97. The van der Waals surface area contributed by atoms with E-state index in [4.69, 9.17) is 0 Å². The predicted molar refractivity (Wildman–Crippen MR) is 82.5 cm³/mol. The molecular formula is C15H24N2O3S. The average Bonchev–Trinajstić information content (AvgIpc) is 2.45. The molecule has 0 bridgehead atoms. The first-order valence-electron chi connectivity index (χ1n) is 7.26. The van der Waals surface area contributed by atoms with Crippen molar-refractivity contribution in [2.75, 3.05) is 20.1 Å². The summed E-state index contributed by atoms with van der Waals surface area (Å²) in [6.45, 7) is 4.33. The molecule has 1 fully saturated rings. The largest absolute Gasteiger partial charge is 0.389 e. The maximum Gasteiger partial charge on any atom is 0.243 e. The fourth-order valence-corrected chi connectivity index (χ4v) is 4.22. The van der Waals surface area contributed by atoms with Crippen molar-refractivity contribution in [3.8, 4) is 0 Å². The summed E-state index contributed by atoms with van der Waals surface area (Å²) in [5.74, 6) is 0. The SMILES string of the molecule is CNC(C)c1ccc(S(=O)(=O)N2CCCC(C)(O)C2)cc1. The number of aliphatic hydroxyl groups is 1. The number of piperidine rings is 1. The van der Waals surface area contributed by atoms with Crippen molar-refractivity contribution in [1.82, 2.24) is 9.62 Å². The van der Waals surface area contributed by atoms with Crippen LogP contribution in [0, 0.1) is 0 Å². The minimum atomic E-state index is -3.53. The summed E-state index contributed by atoms with van der Waals surface area (Å²) in [5, 5.41) is 13.2. The van der Waals surface area contributed by atoms with Gasteiger partial charge < -0.3 is 10.4 Å². The summed E-state index contributed by atoms with van der Waals surface area (Å²) < 4.78 is 26.6. The van der Waals surface area contributed by atoms with Gasteiger partial charge in [-0.1, -0.05) is 12.1 Å². The van der Waals surface area contributed by atoms with Gasteiger partial charge in [0.25, 0.3) is 0 Å². The first kappa shape index (κ1) is 16.4. The van der Waals surface area contributed by atoms with E-state index >= 15 is 0 Å². The average molecular weight is 312 g/mol. The van der Waals surface area contributed by atoms with Crippen molar-refractivity contribution in [3.05, 3.63) is 29.8 Å². The highest BCUT2D eigenvalue weighted by Gasteiger charge is 2.35. The van der Waals surface area contributed by atoms with Crippen molar-refractivity contribution < 1.29 is 13.5 Å². The van der Waals surface area contributed by atoms with Gasteiger partial charge in [0.05, 0.1) is 10.5 Å². The monoisotopic (exact) mass is 312 g/mol. The third-order valence-corrected chi connectivity index (χ3v) is 5.95. The molecule has 2 atom stereocenters. The van der Waals surface area contributed by atoms with Gasteiger partial charge in [-0.05, 0) is 51.4 Å². The Morgan fingerprint density at radius 2 is 1.95 bits per heavy atom. The summed E-state index contributed by atoms with van der Waals surface area (Å²) in [4.78, 5) is 0.284. The van der Waals surface area contributed by atoms with Crippen molar-refractivity contribution in [2.45, 2.75) is 43.2 Å². The highest BCUT2D eigenvalue weighted by atomic mass is 32.2.